The quantitative estimate of drug-likeness (QED) is 0.712. The highest BCUT2D eigenvalue weighted by atomic mass is 19.1. The van der Waals surface area contributed by atoms with Crippen LogP contribution in [0.1, 0.15) is 19.2 Å². The van der Waals surface area contributed by atoms with Crippen molar-refractivity contribution in [2.24, 2.45) is 0 Å². The van der Waals surface area contributed by atoms with Crippen molar-refractivity contribution in [3.63, 3.8) is 0 Å². The smallest absolute Gasteiger partial charge is 0.227 e. The van der Waals surface area contributed by atoms with Gasteiger partial charge in [0.15, 0.2) is 0 Å². The number of piperidine rings is 1. The van der Waals surface area contributed by atoms with Gasteiger partial charge >= 0.3 is 0 Å². The average Bonchev–Trinajstić information content (AvgIpc) is 3.10. The van der Waals surface area contributed by atoms with Crippen LogP contribution in [0.25, 0.3) is 11.0 Å². The lowest BCUT2D eigenvalue weighted by molar-refractivity contribution is 0.0194. The zero-order valence-corrected chi connectivity index (χ0v) is 15.3. The molecule has 9 heteroatoms. The number of ether oxygens (including phenoxy) is 1. The third-order valence-electron chi connectivity index (χ3n) is 4.72. The molecule has 1 saturated heterocycles. The zero-order chi connectivity index (χ0) is 18.8. The molecule has 0 radical (unpaired) electrons. The summed E-state index contributed by atoms with van der Waals surface area (Å²) in [5.41, 5.74) is 1.75. The number of nitrogens with one attached hydrogen (secondary N) is 2. The molecule has 1 aliphatic rings. The number of halogens is 1. The number of rotatable bonds is 5. The minimum Gasteiger partial charge on any atom is -0.378 e. The molecule has 3 aromatic rings. The molecule has 0 amide bonds. The van der Waals surface area contributed by atoms with Crippen molar-refractivity contribution in [3.8, 4) is 0 Å². The number of alkyl halides is 1. The second kappa shape index (κ2) is 7.43. The van der Waals surface area contributed by atoms with Crippen molar-refractivity contribution < 1.29 is 9.13 Å². The number of hydrogen-bond donors (Lipinski definition) is 2. The lowest BCUT2D eigenvalue weighted by Gasteiger charge is -2.33. The van der Waals surface area contributed by atoms with E-state index in [4.69, 9.17) is 4.74 Å². The Labute approximate surface area is 156 Å². The SMILES string of the molecule is CCc1nc2cc(Nc3ccnc(N4CC[C@@H](OC)[C@@H](F)C4)n3)ncc2[nH]1. The highest BCUT2D eigenvalue weighted by molar-refractivity contribution is 5.77. The average molecular weight is 371 g/mol. The molecule has 4 rings (SSSR count). The number of aromatic amines is 1. The van der Waals surface area contributed by atoms with E-state index >= 15 is 0 Å². The fourth-order valence-electron chi connectivity index (χ4n) is 3.23. The van der Waals surface area contributed by atoms with Crippen LogP contribution >= 0.6 is 0 Å². The van der Waals surface area contributed by atoms with Crippen LogP contribution in [0, 0.1) is 0 Å². The monoisotopic (exact) mass is 371 g/mol. The third kappa shape index (κ3) is 3.68. The van der Waals surface area contributed by atoms with Crippen LogP contribution in [0.3, 0.4) is 0 Å². The summed E-state index contributed by atoms with van der Waals surface area (Å²) in [6.45, 7) is 2.92. The molecule has 8 nitrogen and oxygen atoms in total. The van der Waals surface area contributed by atoms with E-state index in [9.17, 15) is 4.39 Å². The maximum atomic E-state index is 14.2. The standard InChI is InChI=1S/C18H22FN7O/c1-3-15-22-12-8-17(21-9-13(12)23-15)24-16-4-6-20-18(25-16)26-7-5-14(27-2)11(19)10-26/h4,6,8-9,11,14H,3,5,7,10H2,1-2H3,(H,22,23)(H,20,21,24,25)/t11-,14+/m0/s1. The van der Waals surface area contributed by atoms with E-state index in [1.54, 1.807) is 25.6 Å². The third-order valence-corrected chi connectivity index (χ3v) is 4.72. The van der Waals surface area contributed by atoms with Gasteiger partial charge in [-0.25, -0.2) is 19.3 Å². The van der Waals surface area contributed by atoms with Gasteiger partial charge in [-0.05, 0) is 12.5 Å². The molecule has 3 aromatic heterocycles. The molecule has 2 N–H and O–H groups in total. The van der Waals surface area contributed by atoms with E-state index in [1.807, 2.05) is 17.9 Å². The minimum absolute atomic E-state index is 0.221. The van der Waals surface area contributed by atoms with Crippen molar-refractivity contribution in [2.45, 2.75) is 32.0 Å². The molecule has 142 valence electrons. The van der Waals surface area contributed by atoms with Crippen molar-refractivity contribution in [3.05, 3.63) is 30.4 Å². The number of H-pyrrole nitrogens is 1. The Bertz CT molecular complexity index is 931. The summed E-state index contributed by atoms with van der Waals surface area (Å²) >= 11 is 0. The first-order chi connectivity index (χ1) is 13.2. The molecule has 0 aromatic carbocycles. The van der Waals surface area contributed by atoms with Crippen LogP contribution < -0.4 is 10.2 Å². The first-order valence-corrected chi connectivity index (χ1v) is 9.02. The van der Waals surface area contributed by atoms with E-state index in [2.05, 4.69) is 30.2 Å². The van der Waals surface area contributed by atoms with Gasteiger partial charge in [-0.3, -0.25) is 0 Å². The summed E-state index contributed by atoms with van der Waals surface area (Å²) in [6.07, 6.45) is 3.43. The van der Waals surface area contributed by atoms with E-state index < -0.39 is 6.17 Å². The summed E-state index contributed by atoms with van der Waals surface area (Å²) < 4.78 is 19.3. The number of aromatic nitrogens is 5. The van der Waals surface area contributed by atoms with Crippen molar-refractivity contribution in [1.29, 1.82) is 0 Å². The maximum Gasteiger partial charge on any atom is 0.227 e. The van der Waals surface area contributed by atoms with Crippen LogP contribution in [-0.2, 0) is 11.2 Å². The number of pyridine rings is 1. The van der Waals surface area contributed by atoms with Crippen LogP contribution in [-0.4, -0.2) is 57.4 Å². The molecule has 2 atom stereocenters. The Hall–Kier alpha value is -2.81. The molecule has 1 fully saturated rings. The second-order valence-electron chi connectivity index (χ2n) is 6.52. The van der Waals surface area contributed by atoms with Gasteiger partial charge in [-0.1, -0.05) is 6.92 Å². The molecule has 0 saturated carbocycles. The summed E-state index contributed by atoms with van der Waals surface area (Å²) in [4.78, 5) is 22.8. The topological polar surface area (TPSA) is 91.8 Å². The van der Waals surface area contributed by atoms with E-state index in [0.29, 0.717) is 30.5 Å². The van der Waals surface area contributed by atoms with Gasteiger partial charge in [0.25, 0.3) is 0 Å². The number of methoxy groups -OCH3 is 1. The predicted molar refractivity (Wildman–Crippen MR) is 101 cm³/mol. The summed E-state index contributed by atoms with van der Waals surface area (Å²) in [6, 6.07) is 3.63. The Morgan fingerprint density at radius 3 is 3.00 bits per heavy atom. The fraction of sp³-hybridized carbons (Fsp3) is 0.444. The second-order valence-corrected chi connectivity index (χ2v) is 6.52. The summed E-state index contributed by atoms with van der Waals surface area (Å²) in [7, 11) is 1.54. The lowest BCUT2D eigenvalue weighted by Crippen LogP contribution is -2.46. The van der Waals surface area contributed by atoms with Gasteiger partial charge < -0.3 is 19.9 Å². The minimum atomic E-state index is -1.06. The van der Waals surface area contributed by atoms with Crippen molar-refractivity contribution >= 4 is 28.6 Å². The number of nitrogens with zero attached hydrogens (tertiary/aromatic N) is 5. The fourth-order valence-corrected chi connectivity index (χ4v) is 3.23. The van der Waals surface area contributed by atoms with Gasteiger partial charge in [-0.15, -0.1) is 0 Å². The summed E-state index contributed by atoms with van der Waals surface area (Å²) in [5.74, 6) is 2.66. The van der Waals surface area contributed by atoms with E-state index in [0.717, 1.165) is 23.3 Å². The molecule has 27 heavy (non-hydrogen) atoms. The summed E-state index contributed by atoms with van der Waals surface area (Å²) in [5, 5.41) is 3.17. The Kier molecular flexibility index (Phi) is 4.85. The molecule has 0 bridgehead atoms. The molecule has 4 heterocycles. The number of fused-ring (bicyclic) bond motifs is 1. The molecule has 1 aliphatic heterocycles. The van der Waals surface area contributed by atoms with Crippen LogP contribution in [0.4, 0.5) is 22.0 Å². The van der Waals surface area contributed by atoms with Gasteiger partial charge in [-0.2, -0.15) is 4.98 Å². The Balaban J connectivity index is 1.51. The molecular formula is C18H22FN7O. The van der Waals surface area contributed by atoms with E-state index in [1.165, 1.54) is 0 Å². The van der Waals surface area contributed by atoms with Gasteiger partial charge in [0.05, 0.1) is 29.9 Å². The molecular weight excluding hydrogens is 349 g/mol. The largest absolute Gasteiger partial charge is 0.378 e. The van der Waals surface area contributed by atoms with Gasteiger partial charge in [0.1, 0.15) is 23.6 Å². The number of hydrogen-bond acceptors (Lipinski definition) is 7. The Morgan fingerprint density at radius 2 is 2.22 bits per heavy atom. The molecule has 0 aliphatic carbocycles. The number of anilines is 3. The zero-order valence-electron chi connectivity index (χ0n) is 15.3. The normalized spacial score (nSPS) is 20.2. The first kappa shape index (κ1) is 17.6. The van der Waals surface area contributed by atoms with Crippen LogP contribution in [0.2, 0.25) is 0 Å². The van der Waals surface area contributed by atoms with E-state index in [-0.39, 0.29) is 12.6 Å². The highest BCUT2D eigenvalue weighted by Gasteiger charge is 2.30. The van der Waals surface area contributed by atoms with Crippen LogP contribution in [0.15, 0.2) is 24.5 Å². The highest BCUT2D eigenvalue weighted by Crippen LogP contribution is 2.22. The molecule has 0 spiro atoms. The number of imidazole rings is 1. The van der Waals surface area contributed by atoms with Crippen molar-refractivity contribution in [1.82, 2.24) is 24.9 Å². The number of aryl methyl sites for hydroxylation is 1. The van der Waals surface area contributed by atoms with Gasteiger partial charge in [0.2, 0.25) is 5.95 Å². The van der Waals surface area contributed by atoms with Gasteiger partial charge in [0, 0.05) is 32.3 Å². The maximum absolute atomic E-state index is 14.2. The Morgan fingerprint density at radius 1 is 1.33 bits per heavy atom. The lowest BCUT2D eigenvalue weighted by atomic mass is 10.1. The molecule has 0 unspecified atom stereocenters. The van der Waals surface area contributed by atoms with Crippen LogP contribution in [0.5, 0.6) is 0 Å². The predicted octanol–water partition coefficient (Wildman–Crippen LogP) is 2.62. The van der Waals surface area contributed by atoms with Crippen molar-refractivity contribution in [2.75, 3.05) is 30.4 Å². The first-order valence-electron chi connectivity index (χ1n) is 9.02.